The summed E-state index contributed by atoms with van der Waals surface area (Å²) < 4.78 is 0. The van der Waals surface area contributed by atoms with E-state index in [2.05, 4.69) is 4.84 Å². The third-order valence-corrected chi connectivity index (χ3v) is 0.958. The van der Waals surface area contributed by atoms with E-state index in [0.29, 0.717) is 0 Å². The van der Waals surface area contributed by atoms with Crippen molar-refractivity contribution < 1.29 is 14.8 Å². The molecule has 0 rings (SSSR count). The fourth-order valence-electron chi connectivity index (χ4n) is 0.601. The van der Waals surface area contributed by atoms with Gasteiger partial charge >= 0.3 is 0 Å². The van der Waals surface area contributed by atoms with Crippen LogP contribution in [0, 0.1) is 20.2 Å². The van der Waals surface area contributed by atoms with Gasteiger partial charge < -0.3 is 0 Å². The van der Waals surface area contributed by atoms with E-state index in [9.17, 15) is 20.2 Å². The Morgan fingerprint density at radius 2 is 2.08 bits per heavy atom. The minimum Gasteiger partial charge on any atom is -0.299 e. The molecular formula is C5H8N2O5. The topological polar surface area (TPSA) is 95.5 Å². The van der Waals surface area contributed by atoms with Crippen LogP contribution in [0.15, 0.2) is 12.2 Å². The van der Waals surface area contributed by atoms with E-state index in [4.69, 9.17) is 0 Å². The maximum Gasteiger partial charge on any atom is 0.295 e. The number of allylic oxidation sites excluding steroid dienone is 1. The van der Waals surface area contributed by atoms with Crippen molar-refractivity contribution in [2.45, 2.75) is 13.0 Å². The van der Waals surface area contributed by atoms with Gasteiger partial charge in [-0.25, -0.2) is 0 Å². The Morgan fingerprint density at radius 1 is 1.50 bits per heavy atom. The van der Waals surface area contributed by atoms with Gasteiger partial charge in [0.15, 0.2) is 6.10 Å². The predicted molar refractivity (Wildman–Crippen MR) is 38.5 cm³/mol. The summed E-state index contributed by atoms with van der Waals surface area (Å²) in [7, 11) is 0. The Bertz CT molecular complexity index is 186. The molecule has 0 N–H and O–H groups in total. The maximum absolute atomic E-state index is 9.94. The van der Waals surface area contributed by atoms with Crippen LogP contribution < -0.4 is 0 Å². The summed E-state index contributed by atoms with van der Waals surface area (Å²) in [4.78, 5) is 23.1. The molecule has 7 heteroatoms. The number of hydrogen-bond acceptors (Lipinski definition) is 5. The van der Waals surface area contributed by atoms with Gasteiger partial charge in [0, 0.05) is 4.92 Å². The molecule has 1 atom stereocenters. The van der Waals surface area contributed by atoms with Crippen LogP contribution >= 0.6 is 0 Å². The first-order valence-electron chi connectivity index (χ1n) is 3.12. The highest BCUT2D eigenvalue weighted by molar-refractivity contribution is 4.85. The van der Waals surface area contributed by atoms with E-state index in [0.717, 1.165) is 0 Å². The molecule has 0 radical (unpaired) electrons. The molecule has 0 heterocycles. The fourth-order valence-corrected chi connectivity index (χ4v) is 0.601. The van der Waals surface area contributed by atoms with E-state index in [1.807, 2.05) is 0 Å². The second-order valence-corrected chi connectivity index (χ2v) is 1.91. The van der Waals surface area contributed by atoms with E-state index in [1.54, 1.807) is 6.92 Å². The monoisotopic (exact) mass is 176 g/mol. The summed E-state index contributed by atoms with van der Waals surface area (Å²) in [6, 6.07) is 0. The zero-order chi connectivity index (χ0) is 9.56. The SMILES string of the molecule is C/C=C/C(C[N+](=O)[O-])O[N+](=O)[O-]. The van der Waals surface area contributed by atoms with Gasteiger partial charge in [0.2, 0.25) is 6.54 Å². The molecular weight excluding hydrogens is 168 g/mol. The molecule has 12 heavy (non-hydrogen) atoms. The number of nitro groups is 1. The van der Waals surface area contributed by atoms with Crippen LogP contribution in [-0.2, 0) is 4.84 Å². The minimum absolute atomic E-state index is 0.606. The second kappa shape index (κ2) is 5.05. The average molecular weight is 176 g/mol. The van der Waals surface area contributed by atoms with E-state index >= 15 is 0 Å². The van der Waals surface area contributed by atoms with Crippen molar-refractivity contribution in [2.24, 2.45) is 0 Å². The fraction of sp³-hybridized carbons (Fsp3) is 0.600. The molecule has 0 saturated heterocycles. The molecule has 0 amide bonds. The summed E-state index contributed by atoms with van der Waals surface area (Å²) in [5.74, 6) is 0. The lowest BCUT2D eigenvalue weighted by molar-refractivity contribution is -0.770. The molecule has 1 unspecified atom stereocenters. The van der Waals surface area contributed by atoms with E-state index in [-0.39, 0.29) is 0 Å². The highest BCUT2D eigenvalue weighted by atomic mass is 17.0. The Kier molecular flexibility index (Phi) is 4.35. The molecule has 0 spiro atoms. The zero-order valence-corrected chi connectivity index (χ0v) is 6.37. The first-order valence-corrected chi connectivity index (χ1v) is 3.12. The number of nitrogens with zero attached hydrogens (tertiary/aromatic N) is 2. The van der Waals surface area contributed by atoms with Gasteiger partial charge in [0.05, 0.1) is 0 Å². The standard InChI is InChI=1S/C5H8N2O5/c1-2-3-5(4-6(8)9)12-7(10)11/h2-3,5H,4H2,1H3/b3-2+. The maximum atomic E-state index is 9.94. The van der Waals surface area contributed by atoms with Gasteiger partial charge in [-0.15, -0.1) is 10.1 Å². The lowest BCUT2D eigenvalue weighted by Gasteiger charge is -2.03. The van der Waals surface area contributed by atoms with Gasteiger partial charge in [0.1, 0.15) is 0 Å². The normalized spacial score (nSPS) is 12.8. The lowest BCUT2D eigenvalue weighted by Crippen LogP contribution is -2.23. The summed E-state index contributed by atoms with van der Waals surface area (Å²) in [6.07, 6.45) is 1.61. The van der Waals surface area contributed by atoms with Crippen molar-refractivity contribution in [3.05, 3.63) is 32.4 Å². The third kappa shape index (κ3) is 5.15. The smallest absolute Gasteiger partial charge is 0.295 e. The summed E-state index contributed by atoms with van der Waals surface area (Å²) >= 11 is 0. The Morgan fingerprint density at radius 3 is 2.42 bits per heavy atom. The highest BCUT2D eigenvalue weighted by Gasteiger charge is 2.15. The third-order valence-electron chi connectivity index (χ3n) is 0.958. The number of hydrogen-bond donors (Lipinski definition) is 0. The summed E-state index contributed by atoms with van der Waals surface area (Å²) in [6.45, 7) is 0.988. The van der Waals surface area contributed by atoms with Gasteiger partial charge in [-0.05, 0) is 6.92 Å². The molecule has 68 valence electrons. The van der Waals surface area contributed by atoms with Crippen LogP contribution in [0.2, 0.25) is 0 Å². The van der Waals surface area contributed by atoms with Gasteiger partial charge in [-0.2, -0.15) is 0 Å². The van der Waals surface area contributed by atoms with Gasteiger partial charge in [-0.1, -0.05) is 12.2 Å². The first-order chi connectivity index (χ1) is 5.56. The van der Waals surface area contributed by atoms with Crippen LogP contribution in [0.25, 0.3) is 0 Å². The Hall–Kier alpha value is -1.66. The molecule has 0 aromatic heterocycles. The molecule has 0 saturated carbocycles. The van der Waals surface area contributed by atoms with Crippen LogP contribution in [0.3, 0.4) is 0 Å². The molecule has 7 nitrogen and oxygen atoms in total. The van der Waals surface area contributed by atoms with Crippen molar-refractivity contribution in [2.75, 3.05) is 6.54 Å². The average Bonchev–Trinajstić information content (AvgIpc) is 1.84. The second-order valence-electron chi connectivity index (χ2n) is 1.91. The van der Waals surface area contributed by atoms with Crippen molar-refractivity contribution >= 4 is 0 Å². The zero-order valence-electron chi connectivity index (χ0n) is 6.37. The molecule has 0 aliphatic heterocycles. The van der Waals surface area contributed by atoms with Crippen LogP contribution in [0.5, 0.6) is 0 Å². The van der Waals surface area contributed by atoms with Crippen molar-refractivity contribution in [1.82, 2.24) is 0 Å². The highest BCUT2D eigenvalue weighted by Crippen LogP contribution is 1.95. The van der Waals surface area contributed by atoms with Crippen LogP contribution in [0.1, 0.15) is 6.92 Å². The minimum atomic E-state index is -1.10. The molecule has 0 aromatic carbocycles. The molecule has 0 bridgehead atoms. The van der Waals surface area contributed by atoms with Crippen molar-refractivity contribution in [1.29, 1.82) is 0 Å². The number of rotatable bonds is 5. The Labute approximate surface area is 67.9 Å². The summed E-state index contributed by atoms with van der Waals surface area (Å²) in [5.41, 5.74) is 0. The molecule has 0 aliphatic rings. The summed E-state index contributed by atoms with van der Waals surface area (Å²) in [5, 5.41) is 18.7. The van der Waals surface area contributed by atoms with Crippen LogP contribution in [0.4, 0.5) is 0 Å². The predicted octanol–water partition coefficient (Wildman–Crippen LogP) is 0.416. The van der Waals surface area contributed by atoms with Gasteiger partial charge in [0.25, 0.3) is 5.09 Å². The Balaban J connectivity index is 4.03. The van der Waals surface area contributed by atoms with Crippen LogP contribution in [-0.4, -0.2) is 22.7 Å². The van der Waals surface area contributed by atoms with Crippen molar-refractivity contribution in [3.63, 3.8) is 0 Å². The lowest BCUT2D eigenvalue weighted by atomic mass is 10.3. The molecule has 0 aromatic rings. The van der Waals surface area contributed by atoms with E-state index < -0.39 is 22.7 Å². The van der Waals surface area contributed by atoms with Gasteiger partial charge in [-0.3, -0.25) is 15.0 Å². The van der Waals surface area contributed by atoms with Crippen molar-refractivity contribution in [3.8, 4) is 0 Å². The largest absolute Gasteiger partial charge is 0.299 e. The molecule has 0 aliphatic carbocycles. The molecule has 0 fully saturated rings. The quantitative estimate of drug-likeness (QED) is 0.343. The van der Waals surface area contributed by atoms with E-state index in [1.165, 1.54) is 12.2 Å². The first kappa shape index (κ1) is 10.3.